The molecule has 4 aliphatic carbocycles. The van der Waals surface area contributed by atoms with E-state index in [4.69, 9.17) is 0 Å². The number of carboxylic acid groups (broad SMARTS) is 1. The summed E-state index contributed by atoms with van der Waals surface area (Å²) in [5, 5.41) is 21.0. The Bertz CT molecular complexity index is 615. The highest BCUT2D eigenvalue weighted by molar-refractivity contribution is 5.88. The number of rotatable bonds is 1. The quantitative estimate of drug-likeness (QED) is 0.770. The minimum absolute atomic E-state index is 0.0715. The molecule has 4 heteroatoms. The van der Waals surface area contributed by atoms with E-state index in [9.17, 15) is 19.8 Å². The van der Waals surface area contributed by atoms with Crippen LogP contribution in [-0.4, -0.2) is 28.1 Å². The molecule has 24 heavy (non-hydrogen) atoms. The molecule has 0 aromatic rings. The van der Waals surface area contributed by atoms with E-state index in [1.54, 1.807) is 0 Å². The minimum atomic E-state index is -0.697. The second-order valence-corrected chi connectivity index (χ2v) is 10.1. The zero-order valence-electron chi connectivity index (χ0n) is 15.1. The second kappa shape index (κ2) is 4.63. The Kier molecular flexibility index (Phi) is 3.19. The van der Waals surface area contributed by atoms with Gasteiger partial charge in [0.25, 0.3) is 0 Å². The Morgan fingerprint density at radius 2 is 1.88 bits per heavy atom. The third-order valence-electron chi connectivity index (χ3n) is 8.74. The van der Waals surface area contributed by atoms with E-state index in [1.807, 2.05) is 13.8 Å². The van der Waals surface area contributed by atoms with Gasteiger partial charge in [0.2, 0.25) is 0 Å². The number of carbonyl (C=O) groups is 2. The zero-order chi connectivity index (χ0) is 17.5. The fourth-order valence-electron chi connectivity index (χ4n) is 7.96. The molecular weight excluding hydrogens is 304 g/mol. The SMILES string of the molecule is C[C@@]12C[C@H](O)[C@@H]3[C@@](CC[C@H]4[C@@]3(C)CCC[C@@]4(C)C(=O)O)(CC1=O)C2. The molecule has 4 fully saturated rings. The predicted octanol–water partition coefficient (Wildman–Crippen LogP) is 3.41. The van der Waals surface area contributed by atoms with Crippen LogP contribution in [0.3, 0.4) is 0 Å². The Morgan fingerprint density at radius 3 is 2.54 bits per heavy atom. The number of fused-ring (bicyclic) bond motifs is 3. The van der Waals surface area contributed by atoms with Crippen LogP contribution >= 0.6 is 0 Å². The first-order valence-corrected chi connectivity index (χ1v) is 9.52. The van der Waals surface area contributed by atoms with Crippen LogP contribution in [0.1, 0.15) is 72.1 Å². The maximum Gasteiger partial charge on any atom is 0.309 e. The fourth-order valence-corrected chi connectivity index (χ4v) is 7.96. The maximum atomic E-state index is 12.7. The molecule has 1 spiro atoms. The molecule has 4 nitrogen and oxygen atoms in total. The normalized spacial score (nSPS) is 56.5. The van der Waals surface area contributed by atoms with Crippen LogP contribution in [0.5, 0.6) is 0 Å². The van der Waals surface area contributed by atoms with E-state index in [-0.39, 0.29) is 28.1 Å². The first-order valence-electron chi connectivity index (χ1n) is 9.52. The van der Waals surface area contributed by atoms with Crippen LogP contribution < -0.4 is 0 Å². The number of carbonyl (C=O) groups excluding carboxylic acids is 1. The van der Waals surface area contributed by atoms with E-state index in [2.05, 4.69) is 6.92 Å². The summed E-state index contributed by atoms with van der Waals surface area (Å²) >= 11 is 0. The number of carboxylic acids is 1. The van der Waals surface area contributed by atoms with Gasteiger partial charge in [-0.15, -0.1) is 0 Å². The molecule has 0 unspecified atom stereocenters. The highest BCUT2D eigenvalue weighted by Gasteiger charge is 2.70. The Hall–Kier alpha value is -0.900. The van der Waals surface area contributed by atoms with Crippen molar-refractivity contribution in [1.29, 1.82) is 0 Å². The van der Waals surface area contributed by atoms with Crippen molar-refractivity contribution in [2.75, 3.05) is 0 Å². The topological polar surface area (TPSA) is 74.6 Å². The van der Waals surface area contributed by atoms with Crippen molar-refractivity contribution >= 4 is 11.8 Å². The molecule has 0 amide bonds. The summed E-state index contributed by atoms with van der Waals surface area (Å²) < 4.78 is 0. The summed E-state index contributed by atoms with van der Waals surface area (Å²) in [5.41, 5.74) is -1.32. The third kappa shape index (κ3) is 1.79. The van der Waals surface area contributed by atoms with E-state index in [1.165, 1.54) is 0 Å². The molecule has 0 radical (unpaired) electrons. The van der Waals surface area contributed by atoms with Gasteiger partial charge in [-0.3, -0.25) is 9.59 Å². The lowest BCUT2D eigenvalue weighted by Crippen LogP contribution is -2.62. The number of ketones is 1. The van der Waals surface area contributed by atoms with Gasteiger partial charge in [0.1, 0.15) is 5.78 Å². The molecule has 4 rings (SSSR count). The lowest BCUT2D eigenvalue weighted by molar-refractivity contribution is -0.204. The molecule has 4 aliphatic rings. The standard InChI is InChI=1S/C20H30O4/c1-17-9-12(21)15-18(2)6-4-7-19(3,16(23)24)13(18)5-8-20(15,11-17)10-14(17)22/h12-13,15,21H,4-11H2,1-3H3,(H,23,24)/t12-,13-,15-,17-,18+,19+,20-/m0/s1. The van der Waals surface area contributed by atoms with Crippen LogP contribution in [0.25, 0.3) is 0 Å². The Morgan fingerprint density at radius 1 is 1.17 bits per heavy atom. The monoisotopic (exact) mass is 334 g/mol. The molecule has 2 bridgehead atoms. The van der Waals surface area contributed by atoms with Crippen molar-refractivity contribution in [2.45, 2.75) is 78.2 Å². The van der Waals surface area contributed by atoms with Gasteiger partial charge in [0, 0.05) is 11.8 Å². The van der Waals surface area contributed by atoms with Gasteiger partial charge in [0.15, 0.2) is 0 Å². The molecule has 0 saturated heterocycles. The van der Waals surface area contributed by atoms with Crippen molar-refractivity contribution in [2.24, 2.45) is 33.5 Å². The zero-order valence-corrected chi connectivity index (χ0v) is 15.1. The van der Waals surface area contributed by atoms with Crippen LogP contribution in [0.15, 0.2) is 0 Å². The molecule has 7 atom stereocenters. The first-order chi connectivity index (χ1) is 11.1. The second-order valence-electron chi connectivity index (χ2n) is 10.1. The minimum Gasteiger partial charge on any atom is -0.481 e. The van der Waals surface area contributed by atoms with Crippen molar-refractivity contribution in [3.05, 3.63) is 0 Å². The summed E-state index contributed by atoms with van der Waals surface area (Å²) in [6.07, 6.45) is 5.98. The van der Waals surface area contributed by atoms with Crippen molar-refractivity contribution < 1.29 is 19.8 Å². The Balaban J connectivity index is 1.80. The van der Waals surface area contributed by atoms with Crippen LogP contribution in [0.4, 0.5) is 0 Å². The average Bonchev–Trinajstić information content (AvgIpc) is 2.63. The van der Waals surface area contributed by atoms with Crippen molar-refractivity contribution in [1.82, 2.24) is 0 Å². The number of aliphatic hydroxyl groups is 1. The fraction of sp³-hybridized carbons (Fsp3) is 0.900. The highest BCUT2D eigenvalue weighted by Crippen LogP contribution is 2.72. The number of aliphatic hydroxyl groups excluding tert-OH is 1. The lowest BCUT2D eigenvalue weighted by atomic mass is 9.40. The lowest BCUT2D eigenvalue weighted by Gasteiger charge is -2.64. The molecule has 0 aliphatic heterocycles. The van der Waals surface area contributed by atoms with Gasteiger partial charge in [-0.1, -0.05) is 20.3 Å². The van der Waals surface area contributed by atoms with Gasteiger partial charge in [-0.05, 0) is 68.1 Å². The summed E-state index contributed by atoms with van der Waals surface area (Å²) in [6, 6.07) is 0. The van der Waals surface area contributed by atoms with E-state index in [0.717, 1.165) is 38.5 Å². The largest absolute Gasteiger partial charge is 0.481 e. The van der Waals surface area contributed by atoms with Crippen LogP contribution in [-0.2, 0) is 9.59 Å². The molecule has 4 saturated carbocycles. The molecule has 0 heterocycles. The molecule has 134 valence electrons. The number of hydrogen-bond acceptors (Lipinski definition) is 3. The Labute approximate surface area is 144 Å². The van der Waals surface area contributed by atoms with Gasteiger partial charge < -0.3 is 10.2 Å². The average molecular weight is 334 g/mol. The molecular formula is C20H30O4. The number of aliphatic carboxylic acids is 1. The van der Waals surface area contributed by atoms with Crippen molar-refractivity contribution in [3.63, 3.8) is 0 Å². The molecule has 0 aromatic heterocycles. The van der Waals surface area contributed by atoms with Gasteiger partial charge in [0.05, 0.1) is 11.5 Å². The summed E-state index contributed by atoms with van der Waals surface area (Å²) in [6.45, 7) is 6.16. The maximum absolute atomic E-state index is 12.7. The predicted molar refractivity (Wildman–Crippen MR) is 89.3 cm³/mol. The summed E-state index contributed by atoms with van der Waals surface area (Å²) in [4.78, 5) is 24.7. The van der Waals surface area contributed by atoms with E-state index in [0.29, 0.717) is 18.6 Å². The van der Waals surface area contributed by atoms with Gasteiger partial charge in [-0.25, -0.2) is 0 Å². The summed E-state index contributed by atoms with van der Waals surface area (Å²) in [5.74, 6) is -0.196. The van der Waals surface area contributed by atoms with E-state index >= 15 is 0 Å². The third-order valence-corrected chi connectivity index (χ3v) is 8.74. The highest BCUT2D eigenvalue weighted by atomic mass is 16.4. The smallest absolute Gasteiger partial charge is 0.309 e. The van der Waals surface area contributed by atoms with Crippen LogP contribution in [0.2, 0.25) is 0 Å². The van der Waals surface area contributed by atoms with Crippen molar-refractivity contribution in [3.8, 4) is 0 Å². The first kappa shape index (κ1) is 16.6. The molecule has 0 aromatic carbocycles. The van der Waals surface area contributed by atoms with Gasteiger partial charge >= 0.3 is 5.97 Å². The molecule has 2 N–H and O–H groups in total. The number of hydrogen-bond donors (Lipinski definition) is 2. The van der Waals surface area contributed by atoms with Gasteiger partial charge in [-0.2, -0.15) is 0 Å². The summed E-state index contributed by atoms with van der Waals surface area (Å²) in [7, 11) is 0. The van der Waals surface area contributed by atoms with Crippen LogP contribution in [0, 0.1) is 33.5 Å². The number of Topliss-reactive ketones (excluding diaryl/α,β-unsaturated/α-hetero) is 1. The van der Waals surface area contributed by atoms with E-state index < -0.39 is 17.5 Å².